The minimum atomic E-state index is -0.533. The standard InChI is InChI=1S/C20H20N4OS/c1-3-13-24-19(16-11-9-14(2)10-12-16)22-23-20(24)26-17(18(21)25)15-7-5-4-6-8-15/h3-12,17H,1,13H2,2H3,(H2,21,25)/t17-/m1/s1. The Morgan fingerprint density at radius 2 is 1.88 bits per heavy atom. The van der Waals surface area contributed by atoms with Gasteiger partial charge in [0, 0.05) is 12.1 Å². The number of hydrogen-bond acceptors (Lipinski definition) is 4. The molecule has 2 aromatic carbocycles. The summed E-state index contributed by atoms with van der Waals surface area (Å²) < 4.78 is 1.95. The molecule has 1 atom stereocenters. The Bertz CT molecular complexity index is 903. The number of hydrogen-bond donors (Lipinski definition) is 1. The molecular formula is C20H20N4OS. The normalized spacial score (nSPS) is 11.9. The summed E-state index contributed by atoms with van der Waals surface area (Å²) in [5, 5.41) is 8.73. The predicted octanol–water partition coefficient (Wildman–Crippen LogP) is 3.76. The molecule has 0 bridgehead atoms. The lowest BCUT2D eigenvalue weighted by Crippen LogP contribution is -2.19. The summed E-state index contributed by atoms with van der Waals surface area (Å²) in [6, 6.07) is 17.5. The molecule has 3 rings (SSSR count). The Hall–Kier alpha value is -2.86. The van der Waals surface area contributed by atoms with Crippen molar-refractivity contribution in [3.8, 4) is 11.4 Å². The first-order chi connectivity index (χ1) is 12.6. The van der Waals surface area contributed by atoms with Crippen molar-refractivity contribution in [1.82, 2.24) is 14.8 Å². The number of thioether (sulfide) groups is 1. The lowest BCUT2D eigenvalue weighted by atomic mass is 10.1. The van der Waals surface area contributed by atoms with Crippen LogP contribution >= 0.6 is 11.8 Å². The van der Waals surface area contributed by atoms with Crippen molar-refractivity contribution in [3.05, 3.63) is 78.4 Å². The zero-order chi connectivity index (χ0) is 18.5. The Morgan fingerprint density at radius 3 is 2.50 bits per heavy atom. The van der Waals surface area contributed by atoms with Gasteiger partial charge in [0.15, 0.2) is 11.0 Å². The number of amides is 1. The quantitative estimate of drug-likeness (QED) is 0.512. The molecule has 5 nitrogen and oxygen atoms in total. The monoisotopic (exact) mass is 364 g/mol. The van der Waals surface area contributed by atoms with Crippen molar-refractivity contribution in [2.45, 2.75) is 23.9 Å². The first-order valence-corrected chi connectivity index (χ1v) is 9.10. The van der Waals surface area contributed by atoms with E-state index in [0.29, 0.717) is 11.7 Å². The van der Waals surface area contributed by atoms with Crippen molar-refractivity contribution in [2.75, 3.05) is 0 Å². The maximum Gasteiger partial charge on any atom is 0.235 e. The molecule has 0 unspecified atom stereocenters. The Morgan fingerprint density at radius 1 is 1.19 bits per heavy atom. The minimum absolute atomic E-state index is 0.411. The molecule has 0 saturated carbocycles. The van der Waals surface area contributed by atoms with Crippen LogP contribution in [0, 0.1) is 6.92 Å². The summed E-state index contributed by atoms with van der Waals surface area (Å²) in [7, 11) is 0. The number of aryl methyl sites for hydroxylation is 1. The van der Waals surface area contributed by atoms with Crippen LogP contribution in [0.3, 0.4) is 0 Å². The number of aromatic nitrogens is 3. The van der Waals surface area contributed by atoms with Crippen LogP contribution in [0.15, 0.2) is 72.4 Å². The smallest absolute Gasteiger partial charge is 0.235 e. The number of carbonyl (C=O) groups is 1. The molecule has 0 radical (unpaired) electrons. The van der Waals surface area contributed by atoms with Crippen molar-refractivity contribution < 1.29 is 4.79 Å². The topological polar surface area (TPSA) is 73.8 Å². The number of allylic oxidation sites excluding steroid dienone is 1. The highest BCUT2D eigenvalue weighted by Gasteiger charge is 2.23. The fourth-order valence-corrected chi connectivity index (χ4v) is 3.61. The summed E-state index contributed by atoms with van der Waals surface area (Å²) in [5.41, 5.74) is 8.62. The average Bonchev–Trinajstić information content (AvgIpc) is 3.04. The van der Waals surface area contributed by atoms with Gasteiger partial charge in [-0.2, -0.15) is 0 Å². The fraction of sp³-hybridized carbons (Fsp3) is 0.150. The molecule has 1 heterocycles. The Labute approximate surface area is 156 Å². The summed E-state index contributed by atoms with van der Waals surface area (Å²) >= 11 is 1.30. The number of carbonyl (C=O) groups excluding carboxylic acids is 1. The second-order valence-corrected chi connectivity index (χ2v) is 6.95. The van der Waals surface area contributed by atoms with E-state index in [-0.39, 0.29) is 0 Å². The lowest BCUT2D eigenvalue weighted by molar-refractivity contribution is -0.117. The molecule has 6 heteroatoms. The molecule has 0 fully saturated rings. The number of nitrogens with two attached hydrogens (primary N) is 1. The summed E-state index contributed by atoms with van der Waals surface area (Å²) in [5.74, 6) is 0.329. The highest BCUT2D eigenvalue weighted by atomic mass is 32.2. The highest BCUT2D eigenvalue weighted by Crippen LogP contribution is 2.35. The van der Waals surface area contributed by atoms with Crippen molar-refractivity contribution in [1.29, 1.82) is 0 Å². The second-order valence-electron chi connectivity index (χ2n) is 5.88. The highest BCUT2D eigenvalue weighted by molar-refractivity contribution is 8.00. The molecule has 0 saturated heterocycles. The van der Waals surface area contributed by atoms with Gasteiger partial charge < -0.3 is 5.73 Å². The van der Waals surface area contributed by atoms with E-state index in [1.165, 1.54) is 17.3 Å². The average molecular weight is 364 g/mol. The van der Waals surface area contributed by atoms with Crippen molar-refractivity contribution >= 4 is 17.7 Å². The van der Waals surface area contributed by atoms with Gasteiger partial charge in [-0.1, -0.05) is 78.0 Å². The largest absolute Gasteiger partial charge is 0.368 e. The van der Waals surface area contributed by atoms with Gasteiger partial charge in [-0.25, -0.2) is 0 Å². The molecule has 26 heavy (non-hydrogen) atoms. The van der Waals surface area contributed by atoms with Crippen LogP contribution < -0.4 is 5.73 Å². The fourth-order valence-electron chi connectivity index (χ4n) is 2.61. The minimum Gasteiger partial charge on any atom is -0.368 e. The van der Waals surface area contributed by atoms with Crippen LogP contribution in [0.2, 0.25) is 0 Å². The maximum absolute atomic E-state index is 12.0. The third-order valence-corrected chi connectivity index (χ3v) is 5.18. The molecule has 132 valence electrons. The lowest BCUT2D eigenvalue weighted by Gasteiger charge is -2.14. The summed E-state index contributed by atoms with van der Waals surface area (Å²) in [4.78, 5) is 12.0. The first-order valence-electron chi connectivity index (χ1n) is 8.22. The third kappa shape index (κ3) is 3.86. The molecule has 0 spiro atoms. The van der Waals surface area contributed by atoms with Crippen molar-refractivity contribution in [2.24, 2.45) is 5.73 Å². The van der Waals surface area contributed by atoms with Gasteiger partial charge in [-0.05, 0) is 12.5 Å². The van der Waals surface area contributed by atoms with Crippen LogP contribution in [0.1, 0.15) is 16.4 Å². The van der Waals surface area contributed by atoms with Crippen LogP contribution in [-0.2, 0) is 11.3 Å². The number of rotatable bonds is 7. The van der Waals surface area contributed by atoms with Gasteiger partial charge in [0.25, 0.3) is 0 Å². The van der Waals surface area contributed by atoms with Gasteiger partial charge in [0.2, 0.25) is 5.91 Å². The van der Waals surface area contributed by atoms with E-state index in [1.807, 2.05) is 66.1 Å². The van der Waals surface area contributed by atoms with E-state index in [0.717, 1.165) is 17.0 Å². The van der Waals surface area contributed by atoms with Gasteiger partial charge in [-0.15, -0.1) is 16.8 Å². The zero-order valence-corrected chi connectivity index (χ0v) is 15.3. The van der Waals surface area contributed by atoms with Crippen LogP contribution in [0.25, 0.3) is 11.4 Å². The SMILES string of the molecule is C=CCn1c(S[C@@H](C(N)=O)c2ccccc2)nnc1-c1ccc(C)cc1. The molecule has 1 amide bonds. The van der Waals surface area contributed by atoms with E-state index in [4.69, 9.17) is 5.73 Å². The molecule has 0 aliphatic rings. The number of benzene rings is 2. The van der Waals surface area contributed by atoms with E-state index in [2.05, 4.69) is 16.8 Å². The third-order valence-electron chi connectivity index (χ3n) is 3.92. The second kappa shape index (κ2) is 8.01. The molecule has 1 aromatic heterocycles. The zero-order valence-electron chi connectivity index (χ0n) is 14.5. The van der Waals surface area contributed by atoms with Gasteiger partial charge >= 0.3 is 0 Å². The molecule has 2 N–H and O–H groups in total. The van der Waals surface area contributed by atoms with E-state index >= 15 is 0 Å². The Kier molecular flexibility index (Phi) is 5.53. The van der Waals surface area contributed by atoms with E-state index in [1.54, 1.807) is 6.08 Å². The first kappa shape index (κ1) is 17.9. The van der Waals surface area contributed by atoms with Gasteiger partial charge in [0.1, 0.15) is 5.25 Å². The molecule has 3 aromatic rings. The number of nitrogens with zero attached hydrogens (tertiary/aromatic N) is 3. The Balaban J connectivity index is 1.98. The van der Waals surface area contributed by atoms with Crippen LogP contribution in [-0.4, -0.2) is 20.7 Å². The molecule has 0 aliphatic carbocycles. The van der Waals surface area contributed by atoms with Gasteiger partial charge in [-0.3, -0.25) is 9.36 Å². The maximum atomic E-state index is 12.0. The van der Waals surface area contributed by atoms with E-state index < -0.39 is 11.2 Å². The summed E-state index contributed by atoms with van der Waals surface area (Å²) in [6.45, 7) is 6.40. The van der Waals surface area contributed by atoms with Crippen LogP contribution in [0.5, 0.6) is 0 Å². The number of primary amides is 1. The van der Waals surface area contributed by atoms with Crippen molar-refractivity contribution in [3.63, 3.8) is 0 Å². The summed E-state index contributed by atoms with van der Waals surface area (Å²) in [6.07, 6.45) is 1.78. The van der Waals surface area contributed by atoms with Gasteiger partial charge in [0.05, 0.1) is 0 Å². The van der Waals surface area contributed by atoms with E-state index in [9.17, 15) is 4.79 Å². The van der Waals surface area contributed by atoms with Crippen LogP contribution in [0.4, 0.5) is 0 Å². The molecule has 0 aliphatic heterocycles. The molecular weight excluding hydrogens is 344 g/mol. The predicted molar refractivity (Wildman–Crippen MR) is 105 cm³/mol.